The Hall–Kier alpha value is -5.25. The number of oxime groups is 1. The zero-order chi connectivity index (χ0) is 34.2. The Morgan fingerprint density at radius 3 is 2.45 bits per heavy atom. The first-order chi connectivity index (χ1) is 23.9. The van der Waals surface area contributed by atoms with E-state index in [4.69, 9.17) is 15.3 Å². The number of aromatic nitrogens is 3. The molecule has 2 atom stereocenters. The molecule has 2 aliphatic heterocycles. The van der Waals surface area contributed by atoms with Crippen LogP contribution in [0.5, 0.6) is 0 Å². The molecule has 2 aliphatic rings. The van der Waals surface area contributed by atoms with E-state index in [0.29, 0.717) is 10.7 Å². The van der Waals surface area contributed by atoms with Crippen LogP contribution in [0.3, 0.4) is 0 Å². The lowest BCUT2D eigenvalue weighted by Gasteiger charge is -2.49. The molecule has 2 aromatic heterocycles. The van der Waals surface area contributed by atoms with Crippen LogP contribution in [-0.2, 0) is 24.0 Å². The summed E-state index contributed by atoms with van der Waals surface area (Å²) in [5.74, 6) is -1.56. The number of rotatable bonds is 13. The lowest BCUT2D eigenvalue weighted by Crippen LogP contribution is -2.71. The summed E-state index contributed by atoms with van der Waals surface area (Å²) in [6.45, 7) is 3.60. The number of anilines is 1. The van der Waals surface area contributed by atoms with E-state index in [0.717, 1.165) is 28.4 Å². The number of hydrogen-bond acceptors (Lipinski definition) is 13. The van der Waals surface area contributed by atoms with E-state index < -0.39 is 35.3 Å². The van der Waals surface area contributed by atoms with Gasteiger partial charge in [-0.1, -0.05) is 96.3 Å². The molecule has 2 aromatic carbocycles. The van der Waals surface area contributed by atoms with Crippen LogP contribution in [0.15, 0.2) is 119 Å². The number of fused-ring (bicyclic) bond motifs is 1. The highest BCUT2D eigenvalue weighted by Crippen LogP contribution is 2.45. The first-order valence-electron chi connectivity index (χ1n) is 14.9. The number of carbonyl (C=O) groups excluding carboxylic acids is 3. The predicted molar refractivity (Wildman–Crippen MR) is 191 cm³/mol. The number of pyridine rings is 1. The van der Waals surface area contributed by atoms with Gasteiger partial charge in [-0.05, 0) is 34.7 Å². The third-order valence-electron chi connectivity index (χ3n) is 7.20. The van der Waals surface area contributed by atoms with Gasteiger partial charge < -0.3 is 20.6 Å². The number of ether oxygens (including phenoxy) is 1. The average molecular weight is 712 g/mol. The number of β-lactam (4-membered cyclic amide) rings is 1. The molecule has 12 nitrogen and oxygen atoms in total. The molecule has 3 N–H and O–H groups in total. The van der Waals surface area contributed by atoms with Gasteiger partial charge >= 0.3 is 5.97 Å². The van der Waals surface area contributed by atoms with Gasteiger partial charge in [0.2, 0.25) is 11.5 Å². The van der Waals surface area contributed by atoms with Crippen LogP contribution in [0, 0.1) is 0 Å². The average Bonchev–Trinajstić information content (AvgIpc) is 3.57. The van der Waals surface area contributed by atoms with Crippen molar-refractivity contribution in [3.8, 4) is 0 Å². The molecule has 0 aliphatic carbocycles. The minimum absolute atomic E-state index is 0.0312. The van der Waals surface area contributed by atoms with E-state index >= 15 is 0 Å². The van der Waals surface area contributed by atoms with Crippen LogP contribution in [-0.4, -0.2) is 66.5 Å². The van der Waals surface area contributed by atoms with Gasteiger partial charge in [0.15, 0.2) is 11.2 Å². The SMILES string of the molecule is C=CCON=C(C(=O)NC1C(=O)N2C(C(=O)OC(c3ccccc3)c3ccccc3)=C(S/C=C/c3ccccn3)CS[C@H]12)c1nsc(N)n1. The fourth-order valence-corrected chi connectivity index (χ4v) is 7.73. The van der Waals surface area contributed by atoms with E-state index in [1.54, 1.807) is 6.20 Å². The highest BCUT2D eigenvalue weighted by molar-refractivity contribution is 8.08. The number of nitrogens with zero attached hydrogens (tertiary/aromatic N) is 5. The molecular weight excluding hydrogens is 683 g/mol. The third-order valence-corrected chi connectivity index (χ3v) is 10.1. The molecule has 4 aromatic rings. The molecule has 1 saturated heterocycles. The summed E-state index contributed by atoms with van der Waals surface area (Å²) in [7, 11) is 0. The molecule has 248 valence electrons. The lowest BCUT2D eigenvalue weighted by molar-refractivity contribution is -0.154. The molecule has 49 heavy (non-hydrogen) atoms. The van der Waals surface area contributed by atoms with Crippen molar-refractivity contribution in [2.45, 2.75) is 17.5 Å². The van der Waals surface area contributed by atoms with Gasteiger partial charge in [-0.3, -0.25) is 19.5 Å². The topological polar surface area (TPSA) is 162 Å². The van der Waals surface area contributed by atoms with Crippen molar-refractivity contribution in [2.75, 3.05) is 18.1 Å². The molecular formula is C34H29N7O5S3. The number of esters is 1. The van der Waals surface area contributed by atoms with Crippen LogP contribution in [0.2, 0.25) is 0 Å². The predicted octanol–water partition coefficient (Wildman–Crippen LogP) is 4.77. The van der Waals surface area contributed by atoms with Crippen molar-refractivity contribution < 1.29 is 24.0 Å². The maximum Gasteiger partial charge on any atom is 0.356 e. The van der Waals surface area contributed by atoms with E-state index in [9.17, 15) is 14.4 Å². The van der Waals surface area contributed by atoms with Crippen LogP contribution in [0.4, 0.5) is 5.13 Å². The summed E-state index contributed by atoms with van der Waals surface area (Å²) < 4.78 is 10.3. The highest BCUT2D eigenvalue weighted by Gasteiger charge is 2.55. The fourth-order valence-electron chi connectivity index (χ4n) is 4.96. The second-order valence-corrected chi connectivity index (χ2v) is 13.3. The minimum Gasteiger partial charge on any atom is -0.448 e. The van der Waals surface area contributed by atoms with Crippen molar-refractivity contribution in [3.63, 3.8) is 0 Å². The number of hydrogen-bond donors (Lipinski definition) is 2. The third kappa shape index (κ3) is 7.74. The van der Waals surface area contributed by atoms with Gasteiger partial charge in [-0.25, -0.2) is 4.79 Å². The Morgan fingerprint density at radius 2 is 1.82 bits per heavy atom. The summed E-state index contributed by atoms with van der Waals surface area (Å²) in [5, 5.41) is 7.95. The van der Waals surface area contributed by atoms with E-state index in [1.807, 2.05) is 90.3 Å². The molecule has 0 saturated carbocycles. The van der Waals surface area contributed by atoms with E-state index in [2.05, 4.69) is 31.4 Å². The summed E-state index contributed by atoms with van der Waals surface area (Å²) in [4.78, 5) is 57.0. The summed E-state index contributed by atoms with van der Waals surface area (Å²) in [5.41, 5.74) is 7.88. The number of benzene rings is 2. The van der Waals surface area contributed by atoms with Crippen LogP contribution >= 0.6 is 35.1 Å². The normalized spacial score (nSPS) is 17.4. The maximum absolute atomic E-state index is 14.2. The summed E-state index contributed by atoms with van der Waals surface area (Å²) in [6.07, 6.45) is 4.24. The second kappa shape index (κ2) is 15.8. The molecule has 1 fully saturated rings. The van der Waals surface area contributed by atoms with Crippen molar-refractivity contribution in [2.24, 2.45) is 5.16 Å². The van der Waals surface area contributed by atoms with E-state index in [1.165, 1.54) is 34.5 Å². The molecule has 0 bridgehead atoms. The second-order valence-electron chi connectivity index (χ2n) is 10.4. The first kappa shape index (κ1) is 33.6. The summed E-state index contributed by atoms with van der Waals surface area (Å²) >= 11 is 3.60. The molecule has 2 amide bonds. The van der Waals surface area contributed by atoms with Crippen LogP contribution in [0.1, 0.15) is 28.7 Å². The number of nitrogens with one attached hydrogen (secondary N) is 1. The number of nitrogens with two attached hydrogens (primary N) is 1. The zero-order valence-electron chi connectivity index (χ0n) is 25.7. The van der Waals surface area contributed by atoms with E-state index in [-0.39, 0.29) is 29.0 Å². The smallest absolute Gasteiger partial charge is 0.356 e. The minimum atomic E-state index is -0.976. The molecule has 4 heterocycles. The highest BCUT2D eigenvalue weighted by atomic mass is 32.2. The largest absolute Gasteiger partial charge is 0.448 e. The van der Waals surface area contributed by atoms with Crippen molar-refractivity contribution in [1.29, 1.82) is 0 Å². The Balaban J connectivity index is 1.28. The van der Waals surface area contributed by atoms with Gasteiger partial charge in [-0.2, -0.15) is 9.36 Å². The molecule has 1 unspecified atom stereocenters. The molecule has 15 heteroatoms. The fraction of sp³-hybridized carbons (Fsp3) is 0.147. The van der Waals surface area contributed by atoms with Gasteiger partial charge in [-0.15, -0.1) is 11.8 Å². The standard InChI is InChI=1S/C34H29N7O5S3/c1-2-18-45-39-25(29-38-34(35)49-40-29)30(42)37-26-31(43)41-27(24(20-48-32(26)41)47-19-16-23-15-9-10-17-36-23)33(44)46-28(21-11-5-3-6-12-21)22-13-7-4-8-14-22/h2-17,19,26,28,32H,1,18,20H2,(H,37,42)(H2,35,38,40)/b19-16+,39-25?/t26?,32-/m1/s1. The van der Waals surface area contributed by atoms with Gasteiger partial charge in [0.25, 0.3) is 11.8 Å². The first-order valence-corrected chi connectivity index (χ1v) is 17.6. The molecule has 6 rings (SSSR count). The summed E-state index contributed by atoms with van der Waals surface area (Å²) in [6, 6.07) is 23.4. The van der Waals surface area contributed by atoms with Crippen molar-refractivity contribution >= 4 is 69.8 Å². The number of nitrogen functional groups attached to an aromatic ring is 1. The van der Waals surface area contributed by atoms with Crippen LogP contribution < -0.4 is 11.1 Å². The monoisotopic (exact) mass is 711 g/mol. The Morgan fingerprint density at radius 1 is 1.10 bits per heavy atom. The number of carbonyl (C=O) groups is 3. The number of amides is 2. The van der Waals surface area contributed by atoms with Gasteiger partial charge in [0.1, 0.15) is 23.7 Å². The Bertz CT molecular complexity index is 1880. The van der Waals surface area contributed by atoms with Gasteiger partial charge in [0.05, 0.1) is 5.69 Å². The quantitative estimate of drug-likeness (QED) is 0.0491. The number of thioether (sulfide) groups is 2. The molecule has 0 spiro atoms. The van der Waals surface area contributed by atoms with Crippen molar-refractivity contribution in [1.82, 2.24) is 24.6 Å². The van der Waals surface area contributed by atoms with Gasteiger partial charge in [0, 0.05) is 28.4 Å². The van der Waals surface area contributed by atoms with Crippen molar-refractivity contribution in [3.05, 3.63) is 136 Å². The Kier molecular flexibility index (Phi) is 10.8. The zero-order valence-corrected chi connectivity index (χ0v) is 28.2. The molecule has 0 radical (unpaired) electrons. The maximum atomic E-state index is 14.2. The Labute approximate surface area is 294 Å². The lowest BCUT2D eigenvalue weighted by atomic mass is 10.0. The van der Waals surface area contributed by atoms with Crippen LogP contribution in [0.25, 0.3) is 6.08 Å².